The van der Waals surface area contributed by atoms with E-state index >= 15 is 0 Å². The van der Waals surface area contributed by atoms with E-state index < -0.39 is 29.4 Å². The standard InChI is InChI=1S/C17H26N2O6S/c1-8-23-12(20)9-11-10-26-13(18-14(21)24-16(2,3)4)19(11)15(22)25-17(5,6)7/h10H,8-9H2,1-7H3. The Kier molecular flexibility index (Phi) is 7.14. The summed E-state index contributed by atoms with van der Waals surface area (Å²) in [5.41, 5.74) is -1.15. The van der Waals surface area contributed by atoms with Crippen LogP contribution in [0.5, 0.6) is 0 Å². The zero-order chi connectivity index (χ0) is 20.1. The summed E-state index contributed by atoms with van der Waals surface area (Å²) in [7, 11) is 0. The highest BCUT2D eigenvalue weighted by Crippen LogP contribution is 2.13. The fourth-order valence-electron chi connectivity index (χ4n) is 1.77. The minimum absolute atomic E-state index is 0.0628. The van der Waals surface area contributed by atoms with Crippen molar-refractivity contribution in [1.29, 1.82) is 0 Å². The molecule has 0 aliphatic rings. The van der Waals surface area contributed by atoms with Gasteiger partial charge in [-0.15, -0.1) is 16.3 Å². The summed E-state index contributed by atoms with van der Waals surface area (Å²) in [5, 5.41) is 1.56. The molecule has 0 unspecified atom stereocenters. The van der Waals surface area contributed by atoms with Gasteiger partial charge in [-0.05, 0) is 48.5 Å². The largest absolute Gasteiger partial charge is 0.466 e. The summed E-state index contributed by atoms with van der Waals surface area (Å²) in [4.78, 5) is 40.2. The molecule has 1 rings (SSSR count). The molecule has 0 aromatic carbocycles. The molecule has 1 heterocycles. The smallest absolute Gasteiger partial charge is 0.436 e. The van der Waals surface area contributed by atoms with Gasteiger partial charge in [-0.3, -0.25) is 4.79 Å². The lowest BCUT2D eigenvalue weighted by molar-refractivity contribution is -0.142. The van der Waals surface area contributed by atoms with E-state index in [4.69, 9.17) is 14.2 Å². The summed E-state index contributed by atoms with van der Waals surface area (Å²) in [5.74, 6) is -0.494. The lowest BCUT2D eigenvalue weighted by atomic mass is 10.2. The Morgan fingerprint density at radius 1 is 1.08 bits per heavy atom. The first-order valence-electron chi connectivity index (χ1n) is 8.18. The predicted octanol–water partition coefficient (Wildman–Crippen LogP) is 3.27. The number of thiazole rings is 1. The highest BCUT2D eigenvalue weighted by molar-refractivity contribution is 7.07. The van der Waals surface area contributed by atoms with E-state index in [1.807, 2.05) is 0 Å². The number of esters is 1. The molecule has 1 amide bonds. The summed E-state index contributed by atoms with van der Waals surface area (Å²) >= 11 is 1.03. The zero-order valence-corrected chi connectivity index (χ0v) is 17.1. The maximum Gasteiger partial charge on any atom is 0.436 e. The van der Waals surface area contributed by atoms with Crippen LogP contribution in [0.1, 0.15) is 54.2 Å². The number of ether oxygens (including phenoxy) is 3. The molecule has 0 spiro atoms. The van der Waals surface area contributed by atoms with Gasteiger partial charge in [0.1, 0.15) is 11.2 Å². The average molecular weight is 386 g/mol. The number of hydrogen-bond acceptors (Lipinski definition) is 7. The van der Waals surface area contributed by atoms with E-state index in [1.54, 1.807) is 53.8 Å². The SMILES string of the molecule is CCOC(=O)Cc1csc(=NC(=O)OC(C)(C)C)n1C(=O)OC(C)(C)C. The van der Waals surface area contributed by atoms with Crippen molar-refractivity contribution in [2.45, 2.75) is 66.1 Å². The number of rotatable bonds is 3. The van der Waals surface area contributed by atoms with Gasteiger partial charge in [-0.2, -0.15) is 0 Å². The van der Waals surface area contributed by atoms with Gasteiger partial charge in [0, 0.05) is 5.38 Å². The highest BCUT2D eigenvalue weighted by atomic mass is 32.1. The quantitative estimate of drug-likeness (QED) is 0.584. The molecule has 26 heavy (non-hydrogen) atoms. The van der Waals surface area contributed by atoms with Gasteiger partial charge in [0.25, 0.3) is 0 Å². The van der Waals surface area contributed by atoms with Crippen molar-refractivity contribution in [3.05, 3.63) is 15.9 Å². The van der Waals surface area contributed by atoms with Gasteiger partial charge in [0.15, 0.2) is 0 Å². The topological polar surface area (TPSA) is 96.2 Å². The van der Waals surface area contributed by atoms with Gasteiger partial charge >= 0.3 is 18.2 Å². The molecular weight excluding hydrogens is 360 g/mol. The summed E-state index contributed by atoms with van der Waals surface area (Å²) < 4.78 is 16.5. The van der Waals surface area contributed by atoms with Crippen LogP contribution in [-0.2, 0) is 25.4 Å². The Labute approximate surface area is 156 Å². The van der Waals surface area contributed by atoms with Crippen molar-refractivity contribution in [1.82, 2.24) is 4.57 Å². The zero-order valence-electron chi connectivity index (χ0n) is 16.2. The highest BCUT2D eigenvalue weighted by Gasteiger charge is 2.24. The minimum atomic E-state index is -0.834. The first kappa shape index (κ1) is 21.9. The van der Waals surface area contributed by atoms with Crippen molar-refractivity contribution < 1.29 is 28.6 Å². The number of amides is 1. The van der Waals surface area contributed by atoms with Crippen LogP contribution in [0.4, 0.5) is 9.59 Å². The monoisotopic (exact) mass is 386 g/mol. The molecule has 0 fully saturated rings. The molecule has 1 aromatic heterocycles. The summed E-state index contributed by atoms with van der Waals surface area (Å²) in [6.07, 6.45) is -1.72. The summed E-state index contributed by atoms with van der Waals surface area (Å²) in [6.45, 7) is 12.2. The van der Waals surface area contributed by atoms with Crippen LogP contribution in [-0.4, -0.2) is 40.5 Å². The van der Waals surface area contributed by atoms with Crippen LogP contribution in [0.25, 0.3) is 0 Å². The van der Waals surface area contributed by atoms with Crippen LogP contribution >= 0.6 is 11.3 Å². The Morgan fingerprint density at radius 2 is 1.65 bits per heavy atom. The maximum atomic E-state index is 12.6. The van der Waals surface area contributed by atoms with Gasteiger partial charge < -0.3 is 14.2 Å². The van der Waals surface area contributed by atoms with Crippen LogP contribution in [0, 0.1) is 0 Å². The molecule has 0 N–H and O–H groups in total. The minimum Gasteiger partial charge on any atom is -0.466 e. The predicted molar refractivity (Wildman–Crippen MR) is 96.1 cm³/mol. The van der Waals surface area contributed by atoms with E-state index in [1.165, 1.54) is 0 Å². The van der Waals surface area contributed by atoms with Crippen molar-refractivity contribution in [2.24, 2.45) is 4.99 Å². The molecule has 0 saturated heterocycles. The first-order valence-corrected chi connectivity index (χ1v) is 9.06. The van der Waals surface area contributed by atoms with Crippen LogP contribution < -0.4 is 4.80 Å². The van der Waals surface area contributed by atoms with Gasteiger partial charge in [-0.1, -0.05) is 0 Å². The third kappa shape index (κ3) is 7.38. The summed E-state index contributed by atoms with van der Waals surface area (Å²) in [6, 6.07) is 0. The number of hydrogen-bond donors (Lipinski definition) is 0. The molecule has 0 atom stereocenters. The lowest BCUT2D eigenvalue weighted by Gasteiger charge is -2.20. The molecule has 0 aliphatic carbocycles. The Hall–Kier alpha value is -2.16. The molecule has 0 radical (unpaired) electrons. The fraction of sp³-hybridized carbons (Fsp3) is 0.647. The van der Waals surface area contributed by atoms with Crippen LogP contribution in [0.15, 0.2) is 10.4 Å². The van der Waals surface area contributed by atoms with E-state index in [0.717, 1.165) is 15.9 Å². The fourth-order valence-corrected chi connectivity index (χ4v) is 2.63. The Bertz CT molecular complexity index is 734. The third-order valence-corrected chi connectivity index (χ3v) is 3.44. The molecule has 1 aromatic rings. The van der Waals surface area contributed by atoms with Crippen LogP contribution in [0.3, 0.4) is 0 Å². The molecule has 0 aliphatic heterocycles. The second-order valence-electron chi connectivity index (χ2n) is 7.40. The number of carbonyl (C=O) groups is 3. The van der Waals surface area contributed by atoms with E-state index in [0.29, 0.717) is 5.69 Å². The van der Waals surface area contributed by atoms with E-state index in [2.05, 4.69) is 4.99 Å². The van der Waals surface area contributed by atoms with E-state index in [9.17, 15) is 14.4 Å². The van der Waals surface area contributed by atoms with Crippen molar-refractivity contribution in [3.8, 4) is 0 Å². The molecule has 0 saturated carbocycles. The van der Waals surface area contributed by atoms with E-state index in [-0.39, 0.29) is 17.8 Å². The number of carbonyl (C=O) groups excluding carboxylic acids is 3. The molecule has 9 heteroatoms. The van der Waals surface area contributed by atoms with Gasteiger partial charge in [0.2, 0.25) is 4.80 Å². The number of aromatic nitrogens is 1. The molecular formula is C17H26N2O6S. The average Bonchev–Trinajstić information content (AvgIpc) is 2.77. The van der Waals surface area contributed by atoms with Crippen molar-refractivity contribution in [3.63, 3.8) is 0 Å². The van der Waals surface area contributed by atoms with Crippen molar-refractivity contribution >= 4 is 29.5 Å². The first-order chi connectivity index (χ1) is 11.8. The molecule has 146 valence electrons. The molecule has 8 nitrogen and oxygen atoms in total. The molecule has 0 bridgehead atoms. The third-order valence-electron chi connectivity index (χ3n) is 2.57. The lowest BCUT2D eigenvalue weighted by Crippen LogP contribution is -2.34. The van der Waals surface area contributed by atoms with Gasteiger partial charge in [-0.25, -0.2) is 14.2 Å². The van der Waals surface area contributed by atoms with Crippen molar-refractivity contribution in [2.75, 3.05) is 6.61 Å². The second kappa shape index (κ2) is 8.48. The normalized spacial score (nSPS) is 12.7. The number of nitrogens with zero attached hydrogens (tertiary/aromatic N) is 2. The van der Waals surface area contributed by atoms with Crippen LogP contribution in [0.2, 0.25) is 0 Å². The Balaban J connectivity index is 3.29. The maximum absolute atomic E-state index is 12.6. The van der Waals surface area contributed by atoms with Gasteiger partial charge in [0.05, 0.1) is 18.7 Å². The second-order valence-corrected chi connectivity index (χ2v) is 8.24. The Morgan fingerprint density at radius 3 is 2.15 bits per heavy atom.